The van der Waals surface area contributed by atoms with Crippen molar-refractivity contribution in [3.63, 3.8) is 0 Å². The molecule has 0 bridgehead atoms. The maximum Gasteiger partial charge on any atom is 0.240 e. The van der Waals surface area contributed by atoms with Gasteiger partial charge in [0.15, 0.2) is 0 Å². The Kier molecular flexibility index (Phi) is 5.89. The molecule has 0 unspecified atom stereocenters. The van der Waals surface area contributed by atoms with Crippen LogP contribution in [0.2, 0.25) is 0 Å². The highest BCUT2D eigenvalue weighted by atomic mass is 16.5. The lowest BCUT2D eigenvalue weighted by Crippen LogP contribution is -2.62. The first-order valence-electron chi connectivity index (χ1n) is 9.31. The summed E-state index contributed by atoms with van der Waals surface area (Å²) < 4.78 is 7.43. The van der Waals surface area contributed by atoms with E-state index in [4.69, 9.17) is 4.74 Å². The topological polar surface area (TPSA) is 59.4 Å². The maximum atomic E-state index is 13.0. The van der Waals surface area contributed by atoms with Crippen LogP contribution in [0.4, 0.5) is 0 Å². The predicted octanol–water partition coefficient (Wildman–Crippen LogP) is 1.73. The fraction of sp³-hybridized carbons (Fsp3) is 0.778. The number of nitrogens with zero attached hydrogens (tertiary/aromatic N) is 3. The number of rotatable bonds is 6. The second-order valence-corrected chi connectivity index (χ2v) is 7.08. The standard InChI is InChI=1S/C18H30N4O2/c1-16-14-20-22(15-16)9-5-8-19-17(23)18(6-3-2-4-7-18)21-10-12-24-13-11-21/h14-15H,2-13H2,1H3,(H,19,23). The van der Waals surface area contributed by atoms with Gasteiger partial charge in [-0.1, -0.05) is 19.3 Å². The van der Waals surface area contributed by atoms with Gasteiger partial charge in [-0.3, -0.25) is 14.4 Å². The molecule has 1 N–H and O–H groups in total. The van der Waals surface area contributed by atoms with Gasteiger partial charge in [-0.25, -0.2) is 0 Å². The van der Waals surface area contributed by atoms with E-state index in [9.17, 15) is 4.79 Å². The zero-order valence-electron chi connectivity index (χ0n) is 14.8. The molecule has 134 valence electrons. The molecule has 6 nitrogen and oxygen atoms in total. The fourth-order valence-electron chi connectivity index (χ4n) is 4.01. The number of ether oxygens (including phenoxy) is 1. The average Bonchev–Trinajstić information content (AvgIpc) is 3.05. The summed E-state index contributed by atoms with van der Waals surface area (Å²) in [5.41, 5.74) is 0.872. The van der Waals surface area contributed by atoms with Crippen LogP contribution in [0, 0.1) is 6.92 Å². The van der Waals surface area contributed by atoms with Gasteiger partial charge in [0.1, 0.15) is 5.54 Å². The monoisotopic (exact) mass is 334 g/mol. The van der Waals surface area contributed by atoms with Gasteiger partial charge >= 0.3 is 0 Å². The van der Waals surface area contributed by atoms with E-state index in [1.165, 1.54) is 12.0 Å². The summed E-state index contributed by atoms with van der Waals surface area (Å²) in [4.78, 5) is 15.4. The van der Waals surface area contributed by atoms with Gasteiger partial charge in [0.2, 0.25) is 5.91 Å². The molecular formula is C18H30N4O2. The van der Waals surface area contributed by atoms with E-state index in [-0.39, 0.29) is 11.4 Å². The first kappa shape index (κ1) is 17.4. The second-order valence-electron chi connectivity index (χ2n) is 7.08. The summed E-state index contributed by atoms with van der Waals surface area (Å²) in [5.74, 6) is 0.223. The Labute approximate surface area is 144 Å². The summed E-state index contributed by atoms with van der Waals surface area (Å²) >= 11 is 0. The molecule has 2 aliphatic rings. The van der Waals surface area contributed by atoms with Gasteiger partial charge in [-0.05, 0) is 31.7 Å². The number of amides is 1. The van der Waals surface area contributed by atoms with Crippen molar-refractivity contribution in [2.24, 2.45) is 0 Å². The van der Waals surface area contributed by atoms with E-state index in [0.29, 0.717) is 6.54 Å². The Morgan fingerprint density at radius 2 is 2.04 bits per heavy atom. The lowest BCUT2D eigenvalue weighted by atomic mass is 9.79. The molecule has 1 saturated carbocycles. The van der Waals surface area contributed by atoms with Gasteiger partial charge in [0.25, 0.3) is 0 Å². The van der Waals surface area contributed by atoms with E-state index < -0.39 is 0 Å². The molecule has 6 heteroatoms. The van der Waals surface area contributed by atoms with Crippen molar-refractivity contribution in [3.8, 4) is 0 Å². The Morgan fingerprint density at radius 3 is 2.71 bits per heavy atom. The molecule has 0 radical (unpaired) electrons. The van der Waals surface area contributed by atoms with Crippen molar-refractivity contribution in [3.05, 3.63) is 18.0 Å². The van der Waals surface area contributed by atoms with E-state index in [1.807, 2.05) is 24.0 Å². The van der Waals surface area contributed by atoms with Crippen molar-refractivity contribution in [2.45, 2.75) is 57.5 Å². The molecular weight excluding hydrogens is 304 g/mol. The summed E-state index contributed by atoms with van der Waals surface area (Å²) in [7, 11) is 0. The number of aromatic nitrogens is 2. The Hall–Kier alpha value is -1.40. The van der Waals surface area contributed by atoms with Gasteiger partial charge in [0.05, 0.1) is 19.4 Å². The molecule has 1 amide bonds. The van der Waals surface area contributed by atoms with Crippen molar-refractivity contribution >= 4 is 5.91 Å². The zero-order chi connectivity index (χ0) is 16.8. The van der Waals surface area contributed by atoms with Crippen LogP contribution in [0.3, 0.4) is 0 Å². The van der Waals surface area contributed by atoms with E-state index in [2.05, 4.69) is 15.3 Å². The minimum absolute atomic E-state index is 0.223. The van der Waals surface area contributed by atoms with Crippen molar-refractivity contribution in [1.82, 2.24) is 20.0 Å². The highest BCUT2D eigenvalue weighted by Crippen LogP contribution is 2.34. The Morgan fingerprint density at radius 1 is 1.29 bits per heavy atom. The molecule has 1 aromatic rings. The molecule has 0 aromatic carbocycles. The summed E-state index contributed by atoms with van der Waals surface area (Å²) in [6.45, 7) is 6.84. The maximum absolute atomic E-state index is 13.0. The van der Waals surface area contributed by atoms with Crippen molar-refractivity contribution < 1.29 is 9.53 Å². The quantitative estimate of drug-likeness (QED) is 0.805. The van der Waals surface area contributed by atoms with Crippen molar-refractivity contribution in [1.29, 1.82) is 0 Å². The molecule has 1 aliphatic carbocycles. The summed E-state index contributed by atoms with van der Waals surface area (Å²) in [5, 5.41) is 7.50. The van der Waals surface area contributed by atoms with Crippen LogP contribution >= 0.6 is 0 Å². The molecule has 24 heavy (non-hydrogen) atoms. The number of morpholine rings is 1. The molecule has 2 fully saturated rings. The fourth-order valence-corrected chi connectivity index (χ4v) is 4.01. The van der Waals surface area contributed by atoms with Gasteiger partial charge in [-0.2, -0.15) is 5.10 Å². The van der Waals surface area contributed by atoms with Crippen LogP contribution < -0.4 is 5.32 Å². The largest absolute Gasteiger partial charge is 0.379 e. The van der Waals surface area contributed by atoms with E-state index in [1.54, 1.807) is 0 Å². The van der Waals surface area contributed by atoms with Crippen LogP contribution in [-0.2, 0) is 16.1 Å². The first-order chi connectivity index (χ1) is 11.7. The molecule has 0 spiro atoms. The normalized spacial score (nSPS) is 21.5. The number of carbonyl (C=O) groups excluding carboxylic acids is 1. The third-order valence-electron chi connectivity index (χ3n) is 5.33. The minimum atomic E-state index is -0.301. The number of carbonyl (C=O) groups is 1. The average molecular weight is 334 g/mol. The zero-order valence-corrected chi connectivity index (χ0v) is 14.8. The molecule has 1 saturated heterocycles. The van der Waals surface area contributed by atoms with Crippen LogP contribution in [0.15, 0.2) is 12.4 Å². The molecule has 3 rings (SSSR count). The number of hydrogen-bond donors (Lipinski definition) is 1. The summed E-state index contributed by atoms with van der Waals surface area (Å²) in [6.07, 6.45) is 10.3. The number of aryl methyl sites for hydroxylation is 2. The van der Waals surface area contributed by atoms with E-state index in [0.717, 1.165) is 65.0 Å². The third kappa shape index (κ3) is 3.98. The van der Waals surface area contributed by atoms with Gasteiger partial charge in [-0.15, -0.1) is 0 Å². The smallest absolute Gasteiger partial charge is 0.240 e. The summed E-state index contributed by atoms with van der Waals surface area (Å²) in [6, 6.07) is 0. The first-order valence-corrected chi connectivity index (χ1v) is 9.31. The van der Waals surface area contributed by atoms with Crippen LogP contribution in [0.5, 0.6) is 0 Å². The number of hydrogen-bond acceptors (Lipinski definition) is 4. The van der Waals surface area contributed by atoms with Crippen LogP contribution in [0.25, 0.3) is 0 Å². The Balaban J connectivity index is 1.53. The minimum Gasteiger partial charge on any atom is -0.379 e. The Bertz CT molecular complexity index is 531. The molecule has 2 heterocycles. The molecule has 1 aromatic heterocycles. The third-order valence-corrected chi connectivity index (χ3v) is 5.33. The SMILES string of the molecule is Cc1cnn(CCCNC(=O)C2(N3CCOCC3)CCCCC2)c1. The lowest BCUT2D eigenvalue weighted by Gasteiger charge is -2.46. The second kappa shape index (κ2) is 8.12. The number of nitrogens with one attached hydrogen (secondary N) is 1. The van der Waals surface area contributed by atoms with Crippen LogP contribution in [0.1, 0.15) is 44.1 Å². The van der Waals surface area contributed by atoms with Gasteiger partial charge in [0, 0.05) is 32.4 Å². The van der Waals surface area contributed by atoms with E-state index >= 15 is 0 Å². The predicted molar refractivity (Wildman–Crippen MR) is 92.8 cm³/mol. The van der Waals surface area contributed by atoms with Gasteiger partial charge < -0.3 is 10.1 Å². The van der Waals surface area contributed by atoms with Crippen LogP contribution in [-0.4, -0.2) is 59.0 Å². The van der Waals surface area contributed by atoms with Crippen molar-refractivity contribution in [2.75, 3.05) is 32.8 Å². The molecule has 0 atom stereocenters. The lowest BCUT2D eigenvalue weighted by molar-refractivity contribution is -0.140. The highest BCUT2D eigenvalue weighted by Gasteiger charge is 2.44. The molecule has 1 aliphatic heterocycles. The highest BCUT2D eigenvalue weighted by molar-refractivity contribution is 5.86.